The van der Waals surface area contributed by atoms with Gasteiger partial charge in [0.25, 0.3) is 0 Å². The third kappa shape index (κ3) is 4.78. The molecule has 0 radical (unpaired) electrons. The van der Waals surface area contributed by atoms with Gasteiger partial charge in [-0.3, -0.25) is 4.90 Å². The smallest absolute Gasteiger partial charge is 0.0700 e. The Kier molecular flexibility index (Phi) is 6.96. The van der Waals surface area contributed by atoms with Crippen molar-refractivity contribution in [2.24, 2.45) is 0 Å². The molecular weight excluding hydrogens is 206 g/mol. The van der Waals surface area contributed by atoms with Crippen LogP contribution >= 0.6 is 0 Å². The second-order valence-electron chi connectivity index (χ2n) is 4.44. The van der Waals surface area contributed by atoms with Crippen LogP contribution < -0.4 is 0 Å². The number of hydrogen-bond donors (Lipinski definition) is 1. The highest BCUT2D eigenvalue weighted by molar-refractivity contribution is 4.80. The third-order valence-corrected chi connectivity index (χ3v) is 3.18. The maximum Gasteiger partial charge on any atom is 0.0700 e. The van der Waals surface area contributed by atoms with E-state index in [0.717, 1.165) is 26.1 Å². The number of methoxy groups -OCH3 is 1. The van der Waals surface area contributed by atoms with Crippen LogP contribution in [0.1, 0.15) is 26.2 Å². The fraction of sp³-hybridized carbons (Fsp3) is 1.00. The number of hydrogen-bond acceptors (Lipinski definition) is 4. The lowest BCUT2D eigenvalue weighted by atomic mass is 9.98. The Morgan fingerprint density at radius 1 is 1.31 bits per heavy atom. The predicted octanol–water partition coefficient (Wildman–Crippen LogP) is 0.885. The highest BCUT2D eigenvalue weighted by Crippen LogP contribution is 2.19. The summed E-state index contributed by atoms with van der Waals surface area (Å²) < 4.78 is 10.4. The summed E-state index contributed by atoms with van der Waals surface area (Å²) in [5.41, 5.74) is 0. The van der Waals surface area contributed by atoms with Crippen molar-refractivity contribution in [3.05, 3.63) is 0 Å². The minimum Gasteiger partial charge on any atom is -0.392 e. The lowest BCUT2D eigenvalue weighted by Gasteiger charge is -2.37. The number of aliphatic hydroxyl groups excluding tert-OH is 1. The Bertz CT molecular complexity index is 176. The first-order valence-corrected chi connectivity index (χ1v) is 6.24. The number of likely N-dealkylation sites (tertiary alicyclic amines) is 1. The van der Waals surface area contributed by atoms with E-state index in [0.29, 0.717) is 19.3 Å². The largest absolute Gasteiger partial charge is 0.392 e. The van der Waals surface area contributed by atoms with Gasteiger partial charge in [-0.2, -0.15) is 0 Å². The monoisotopic (exact) mass is 231 g/mol. The van der Waals surface area contributed by atoms with Crippen LogP contribution in [0.25, 0.3) is 0 Å². The molecule has 0 aromatic heterocycles. The summed E-state index contributed by atoms with van der Waals surface area (Å²) >= 11 is 0. The van der Waals surface area contributed by atoms with Gasteiger partial charge in [-0.25, -0.2) is 0 Å². The molecular formula is C12H25NO3. The van der Waals surface area contributed by atoms with E-state index in [1.54, 1.807) is 7.11 Å². The Balaban J connectivity index is 2.17. The zero-order chi connectivity index (χ0) is 11.8. The van der Waals surface area contributed by atoms with Gasteiger partial charge < -0.3 is 14.6 Å². The van der Waals surface area contributed by atoms with Crippen molar-refractivity contribution in [2.75, 3.05) is 40.0 Å². The van der Waals surface area contributed by atoms with E-state index < -0.39 is 0 Å². The minimum atomic E-state index is -0.237. The second kappa shape index (κ2) is 8.01. The van der Waals surface area contributed by atoms with Crippen LogP contribution in [0.5, 0.6) is 0 Å². The standard InChI is InChI=1S/C12H25NO3/c1-11(14)12-5-3-4-6-13(12)7-8-16-10-9-15-2/h11-12,14H,3-10H2,1-2H3. The first-order valence-electron chi connectivity index (χ1n) is 6.24. The van der Waals surface area contributed by atoms with E-state index in [-0.39, 0.29) is 6.10 Å². The highest BCUT2D eigenvalue weighted by atomic mass is 16.5. The maximum atomic E-state index is 9.69. The second-order valence-corrected chi connectivity index (χ2v) is 4.44. The number of ether oxygens (including phenoxy) is 2. The fourth-order valence-corrected chi connectivity index (χ4v) is 2.27. The van der Waals surface area contributed by atoms with Crippen LogP contribution in [0, 0.1) is 0 Å². The molecule has 1 saturated heterocycles. The molecule has 0 amide bonds. The van der Waals surface area contributed by atoms with Gasteiger partial charge in [-0.15, -0.1) is 0 Å². The van der Waals surface area contributed by atoms with Gasteiger partial charge in [0, 0.05) is 19.7 Å². The van der Waals surface area contributed by atoms with Crippen molar-refractivity contribution in [1.29, 1.82) is 0 Å². The molecule has 1 fully saturated rings. The van der Waals surface area contributed by atoms with Gasteiger partial charge >= 0.3 is 0 Å². The molecule has 1 N–H and O–H groups in total. The fourth-order valence-electron chi connectivity index (χ4n) is 2.27. The lowest BCUT2D eigenvalue weighted by molar-refractivity contribution is 0.00716. The predicted molar refractivity (Wildman–Crippen MR) is 63.6 cm³/mol. The van der Waals surface area contributed by atoms with Crippen molar-refractivity contribution in [3.8, 4) is 0 Å². The Morgan fingerprint density at radius 2 is 2.12 bits per heavy atom. The Morgan fingerprint density at radius 3 is 2.81 bits per heavy atom. The van der Waals surface area contributed by atoms with Gasteiger partial charge in [0.05, 0.1) is 25.9 Å². The molecule has 0 aromatic carbocycles. The number of aliphatic hydroxyl groups is 1. The van der Waals surface area contributed by atoms with E-state index in [1.807, 2.05) is 6.92 Å². The van der Waals surface area contributed by atoms with Crippen LogP contribution in [-0.2, 0) is 9.47 Å². The van der Waals surface area contributed by atoms with E-state index in [4.69, 9.17) is 9.47 Å². The summed E-state index contributed by atoms with van der Waals surface area (Å²) in [6, 6.07) is 0.319. The van der Waals surface area contributed by atoms with Gasteiger partial charge in [0.2, 0.25) is 0 Å². The SMILES string of the molecule is COCCOCCN1CCCCC1C(C)O. The van der Waals surface area contributed by atoms with E-state index in [1.165, 1.54) is 12.8 Å². The molecule has 0 saturated carbocycles. The number of piperidine rings is 1. The summed E-state index contributed by atoms with van der Waals surface area (Å²) in [6.45, 7) is 5.92. The molecule has 4 heteroatoms. The quantitative estimate of drug-likeness (QED) is 0.661. The van der Waals surface area contributed by atoms with Crippen molar-refractivity contribution in [1.82, 2.24) is 4.90 Å². The van der Waals surface area contributed by atoms with Crippen molar-refractivity contribution in [3.63, 3.8) is 0 Å². The van der Waals surface area contributed by atoms with Crippen molar-refractivity contribution < 1.29 is 14.6 Å². The number of rotatable bonds is 7. The number of nitrogens with zero attached hydrogens (tertiary/aromatic N) is 1. The minimum absolute atomic E-state index is 0.237. The van der Waals surface area contributed by atoms with Crippen LogP contribution in [0.3, 0.4) is 0 Å². The molecule has 0 aromatic rings. The normalized spacial score (nSPS) is 24.6. The topological polar surface area (TPSA) is 41.9 Å². The Labute approximate surface area is 98.5 Å². The maximum absolute atomic E-state index is 9.69. The summed E-state index contributed by atoms with van der Waals surface area (Å²) in [7, 11) is 1.68. The molecule has 96 valence electrons. The molecule has 2 unspecified atom stereocenters. The average molecular weight is 231 g/mol. The molecule has 1 aliphatic rings. The van der Waals surface area contributed by atoms with Crippen molar-refractivity contribution >= 4 is 0 Å². The zero-order valence-electron chi connectivity index (χ0n) is 10.5. The van der Waals surface area contributed by atoms with Crippen LogP contribution in [0.4, 0.5) is 0 Å². The zero-order valence-corrected chi connectivity index (χ0v) is 10.5. The molecule has 4 nitrogen and oxygen atoms in total. The van der Waals surface area contributed by atoms with Gasteiger partial charge in [0.15, 0.2) is 0 Å². The molecule has 0 spiro atoms. The third-order valence-electron chi connectivity index (χ3n) is 3.18. The summed E-state index contributed by atoms with van der Waals surface area (Å²) in [4.78, 5) is 2.35. The lowest BCUT2D eigenvalue weighted by Crippen LogP contribution is -2.47. The molecule has 1 rings (SSSR count). The summed E-state index contributed by atoms with van der Waals surface area (Å²) in [5.74, 6) is 0. The van der Waals surface area contributed by atoms with Crippen LogP contribution in [0.2, 0.25) is 0 Å². The molecule has 1 heterocycles. The average Bonchev–Trinajstić information content (AvgIpc) is 2.29. The summed E-state index contributed by atoms with van der Waals surface area (Å²) in [6.07, 6.45) is 3.34. The summed E-state index contributed by atoms with van der Waals surface area (Å²) in [5, 5.41) is 9.69. The van der Waals surface area contributed by atoms with E-state index >= 15 is 0 Å². The van der Waals surface area contributed by atoms with Crippen molar-refractivity contribution in [2.45, 2.75) is 38.3 Å². The molecule has 0 aliphatic carbocycles. The van der Waals surface area contributed by atoms with E-state index in [2.05, 4.69) is 4.90 Å². The van der Waals surface area contributed by atoms with Crippen LogP contribution in [0.15, 0.2) is 0 Å². The van der Waals surface area contributed by atoms with Gasteiger partial charge in [-0.05, 0) is 26.3 Å². The van der Waals surface area contributed by atoms with E-state index in [9.17, 15) is 5.11 Å². The Hall–Kier alpha value is -0.160. The van der Waals surface area contributed by atoms with Crippen LogP contribution in [-0.4, -0.2) is 62.2 Å². The van der Waals surface area contributed by atoms with Gasteiger partial charge in [-0.1, -0.05) is 6.42 Å². The van der Waals surface area contributed by atoms with Gasteiger partial charge in [0.1, 0.15) is 0 Å². The first-order chi connectivity index (χ1) is 7.75. The molecule has 2 atom stereocenters. The molecule has 0 bridgehead atoms. The molecule has 16 heavy (non-hydrogen) atoms. The molecule has 1 aliphatic heterocycles. The first kappa shape index (κ1) is 13.9. The highest BCUT2D eigenvalue weighted by Gasteiger charge is 2.25.